The van der Waals surface area contributed by atoms with Crippen molar-refractivity contribution < 1.29 is 14.6 Å². The quantitative estimate of drug-likeness (QED) is 0.858. The Hall–Kier alpha value is -2.30. The molecule has 0 atom stereocenters. The molecule has 19 heavy (non-hydrogen) atoms. The van der Waals surface area contributed by atoms with E-state index in [-0.39, 0.29) is 6.04 Å². The first-order valence-corrected chi connectivity index (χ1v) is 6.00. The van der Waals surface area contributed by atoms with Crippen molar-refractivity contribution >= 4 is 23.1 Å². The third-order valence-corrected chi connectivity index (χ3v) is 2.82. The van der Waals surface area contributed by atoms with Crippen molar-refractivity contribution in [3.63, 3.8) is 0 Å². The van der Waals surface area contributed by atoms with Gasteiger partial charge in [-0.3, -0.25) is 0 Å². The third kappa shape index (κ3) is 2.45. The topological polar surface area (TPSA) is 64.3 Å². The van der Waals surface area contributed by atoms with E-state index in [9.17, 15) is 4.79 Å². The summed E-state index contributed by atoms with van der Waals surface area (Å²) in [6.45, 7) is 4.05. The van der Waals surface area contributed by atoms with Crippen molar-refractivity contribution in [2.45, 2.75) is 19.9 Å². The molecule has 0 radical (unpaired) electrons. The predicted octanol–water partition coefficient (Wildman–Crippen LogP) is 2.72. The van der Waals surface area contributed by atoms with Gasteiger partial charge < -0.3 is 14.4 Å². The number of aromatic nitrogens is 2. The van der Waals surface area contributed by atoms with Gasteiger partial charge in [0.05, 0.1) is 12.6 Å². The summed E-state index contributed by atoms with van der Waals surface area (Å²) < 4.78 is 7.27. The van der Waals surface area contributed by atoms with E-state index in [4.69, 9.17) is 9.84 Å². The molecule has 0 fully saturated rings. The highest BCUT2D eigenvalue weighted by atomic mass is 16.5. The predicted molar refractivity (Wildman–Crippen MR) is 73.3 cm³/mol. The minimum atomic E-state index is -0.991. The first-order chi connectivity index (χ1) is 9.04. The number of hydrogen-bond acceptors (Lipinski definition) is 3. The summed E-state index contributed by atoms with van der Waals surface area (Å²) in [4.78, 5) is 15.1. The van der Waals surface area contributed by atoms with Gasteiger partial charge in [-0.15, -0.1) is 0 Å². The van der Waals surface area contributed by atoms with Crippen molar-refractivity contribution in [1.82, 2.24) is 9.55 Å². The molecule has 1 aromatic heterocycles. The molecule has 0 spiro atoms. The molecule has 1 aromatic carbocycles. The van der Waals surface area contributed by atoms with Crippen LogP contribution >= 0.6 is 0 Å². The largest absolute Gasteiger partial charge is 0.494 e. The first-order valence-electron chi connectivity index (χ1n) is 6.00. The van der Waals surface area contributed by atoms with Gasteiger partial charge in [-0.2, -0.15) is 0 Å². The van der Waals surface area contributed by atoms with Crippen LogP contribution in [0.15, 0.2) is 24.3 Å². The number of aliphatic carboxylic acids is 1. The number of benzene rings is 1. The zero-order valence-electron chi connectivity index (χ0n) is 11.1. The molecule has 5 heteroatoms. The molecular formula is C14H16N2O3. The van der Waals surface area contributed by atoms with Crippen molar-refractivity contribution in [3.8, 4) is 5.75 Å². The van der Waals surface area contributed by atoms with Crippen LogP contribution in [0.25, 0.3) is 17.1 Å². The molecule has 0 aliphatic heterocycles. The summed E-state index contributed by atoms with van der Waals surface area (Å²) in [5.41, 5.74) is 1.67. The number of para-hydroxylation sites is 1. The summed E-state index contributed by atoms with van der Waals surface area (Å²) in [7, 11) is 1.59. The maximum atomic E-state index is 10.6. The van der Waals surface area contributed by atoms with Crippen molar-refractivity contribution in [2.75, 3.05) is 7.11 Å². The van der Waals surface area contributed by atoms with E-state index in [1.165, 1.54) is 6.08 Å². The number of methoxy groups -OCH3 is 1. The van der Waals surface area contributed by atoms with E-state index in [1.54, 1.807) is 7.11 Å². The fourth-order valence-corrected chi connectivity index (χ4v) is 2.08. The second kappa shape index (κ2) is 5.14. The number of rotatable bonds is 4. The molecule has 1 heterocycles. The van der Waals surface area contributed by atoms with Crippen LogP contribution in [0, 0.1) is 0 Å². The molecule has 0 amide bonds. The van der Waals surface area contributed by atoms with Crippen LogP contribution in [0.3, 0.4) is 0 Å². The van der Waals surface area contributed by atoms with Gasteiger partial charge in [0.2, 0.25) is 0 Å². The average Bonchev–Trinajstić information content (AvgIpc) is 2.74. The molecule has 0 aliphatic rings. The Balaban J connectivity index is 2.69. The van der Waals surface area contributed by atoms with Crippen molar-refractivity contribution in [3.05, 3.63) is 30.1 Å². The fraction of sp³-hybridized carbons (Fsp3) is 0.286. The average molecular weight is 260 g/mol. The molecule has 0 saturated carbocycles. The summed E-state index contributed by atoms with van der Waals surface area (Å²) in [5, 5.41) is 8.73. The van der Waals surface area contributed by atoms with Gasteiger partial charge in [-0.05, 0) is 32.1 Å². The minimum absolute atomic E-state index is 0.172. The molecule has 0 saturated heterocycles. The normalized spacial score (nSPS) is 11.6. The number of fused-ring (bicyclic) bond motifs is 1. The van der Waals surface area contributed by atoms with Gasteiger partial charge in [0.25, 0.3) is 0 Å². The summed E-state index contributed by atoms with van der Waals surface area (Å²) >= 11 is 0. The number of carbonyl (C=O) groups is 1. The zero-order chi connectivity index (χ0) is 14.0. The molecule has 0 unspecified atom stereocenters. The number of hydrogen-bond donors (Lipinski definition) is 1. The second-order valence-corrected chi connectivity index (χ2v) is 4.43. The molecule has 5 nitrogen and oxygen atoms in total. The molecule has 0 bridgehead atoms. The fourth-order valence-electron chi connectivity index (χ4n) is 2.08. The van der Waals surface area contributed by atoms with E-state index in [0.29, 0.717) is 11.6 Å². The number of carboxylic acids is 1. The Morgan fingerprint density at radius 1 is 1.47 bits per heavy atom. The second-order valence-electron chi connectivity index (χ2n) is 4.43. The summed E-state index contributed by atoms with van der Waals surface area (Å²) in [5.74, 6) is 0.299. The first kappa shape index (κ1) is 13.1. The van der Waals surface area contributed by atoms with Crippen LogP contribution in [0.4, 0.5) is 0 Å². The number of imidazole rings is 1. The lowest BCUT2D eigenvalue weighted by molar-refractivity contribution is -0.131. The van der Waals surface area contributed by atoms with Crippen LogP contribution in [-0.4, -0.2) is 27.7 Å². The maximum absolute atomic E-state index is 10.6. The lowest BCUT2D eigenvalue weighted by Gasteiger charge is -2.11. The van der Waals surface area contributed by atoms with E-state index < -0.39 is 5.97 Å². The van der Waals surface area contributed by atoms with Gasteiger partial charge in [-0.25, -0.2) is 9.78 Å². The Bertz CT molecular complexity index is 641. The molecule has 1 N–H and O–H groups in total. The van der Waals surface area contributed by atoms with Crippen LogP contribution in [0.2, 0.25) is 0 Å². The molecule has 0 aliphatic carbocycles. The Kier molecular flexibility index (Phi) is 3.55. The van der Waals surface area contributed by atoms with Gasteiger partial charge in [0.15, 0.2) is 0 Å². The lowest BCUT2D eigenvalue weighted by atomic mass is 10.2. The van der Waals surface area contributed by atoms with Crippen LogP contribution in [0.5, 0.6) is 5.75 Å². The number of carboxylic acid groups (broad SMARTS) is 1. The number of ether oxygens (including phenoxy) is 1. The lowest BCUT2D eigenvalue weighted by Crippen LogP contribution is -2.03. The highest BCUT2D eigenvalue weighted by Crippen LogP contribution is 2.28. The van der Waals surface area contributed by atoms with Gasteiger partial charge in [0.1, 0.15) is 17.1 Å². The minimum Gasteiger partial charge on any atom is -0.494 e. The third-order valence-electron chi connectivity index (χ3n) is 2.82. The van der Waals surface area contributed by atoms with Crippen LogP contribution in [-0.2, 0) is 4.79 Å². The van der Waals surface area contributed by atoms with Gasteiger partial charge in [0, 0.05) is 12.1 Å². The van der Waals surface area contributed by atoms with Gasteiger partial charge >= 0.3 is 5.97 Å². The zero-order valence-corrected chi connectivity index (χ0v) is 11.1. The Morgan fingerprint density at radius 3 is 2.79 bits per heavy atom. The highest BCUT2D eigenvalue weighted by molar-refractivity contribution is 5.87. The maximum Gasteiger partial charge on any atom is 0.328 e. The van der Waals surface area contributed by atoms with Gasteiger partial charge in [-0.1, -0.05) is 6.07 Å². The van der Waals surface area contributed by atoms with Crippen molar-refractivity contribution in [1.29, 1.82) is 0 Å². The van der Waals surface area contributed by atoms with E-state index in [0.717, 1.165) is 17.1 Å². The monoisotopic (exact) mass is 260 g/mol. The molecular weight excluding hydrogens is 244 g/mol. The van der Waals surface area contributed by atoms with Crippen LogP contribution < -0.4 is 4.74 Å². The smallest absolute Gasteiger partial charge is 0.328 e. The molecule has 100 valence electrons. The van der Waals surface area contributed by atoms with E-state index >= 15 is 0 Å². The Labute approximate surface area is 111 Å². The number of nitrogens with zero attached hydrogens (tertiary/aromatic N) is 2. The molecule has 2 aromatic rings. The highest BCUT2D eigenvalue weighted by Gasteiger charge is 2.14. The van der Waals surface area contributed by atoms with Crippen LogP contribution in [0.1, 0.15) is 25.7 Å². The molecule has 2 rings (SSSR count). The van der Waals surface area contributed by atoms with Crippen molar-refractivity contribution in [2.24, 2.45) is 0 Å². The summed E-state index contributed by atoms with van der Waals surface area (Å²) in [6.07, 6.45) is 2.59. The van der Waals surface area contributed by atoms with E-state index in [1.807, 2.05) is 36.6 Å². The summed E-state index contributed by atoms with van der Waals surface area (Å²) in [6, 6.07) is 5.85. The SMILES string of the molecule is COc1cccc2c1nc(/C=C/C(=O)O)n2C(C)C. The van der Waals surface area contributed by atoms with E-state index in [2.05, 4.69) is 4.98 Å². The Morgan fingerprint density at radius 2 is 2.21 bits per heavy atom. The standard InChI is InChI=1S/C14H16N2O3/c1-9(2)16-10-5-4-6-11(19-3)14(10)15-12(16)7-8-13(17)18/h4-9H,1-3H3,(H,17,18)/b8-7+.